The van der Waals surface area contributed by atoms with Gasteiger partial charge in [0.2, 0.25) is 0 Å². The van der Waals surface area contributed by atoms with E-state index in [0.29, 0.717) is 13.2 Å². The first-order valence-corrected chi connectivity index (χ1v) is 16.2. The minimum Gasteiger partial charge on any atom is -0.416 e. The highest BCUT2D eigenvalue weighted by atomic mass is 79.9. The number of aromatic nitrogens is 1. The molecular formula is C23H35BrN2O4SSi. The van der Waals surface area contributed by atoms with Gasteiger partial charge in [0, 0.05) is 40.6 Å². The van der Waals surface area contributed by atoms with Gasteiger partial charge in [0.1, 0.15) is 0 Å². The van der Waals surface area contributed by atoms with Crippen LogP contribution in [-0.4, -0.2) is 40.8 Å². The Morgan fingerprint density at radius 3 is 2.34 bits per heavy atom. The third-order valence-corrected chi connectivity index (χ3v) is 11.8. The summed E-state index contributed by atoms with van der Waals surface area (Å²) in [5.41, 5.74) is 1.26. The third-order valence-electron chi connectivity index (χ3n) is 6.26. The summed E-state index contributed by atoms with van der Waals surface area (Å²) in [6.07, 6.45) is 3.06. The maximum atomic E-state index is 11.7. The van der Waals surface area contributed by atoms with Gasteiger partial charge >= 0.3 is 0 Å². The summed E-state index contributed by atoms with van der Waals surface area (Å²) in [5.74, 6) is -0.175. The Balaban J connectivity index is 2.43. The van der Waals surface area contributed by atoms with E-state index in [4.69, 9.17) is 8.61 Å². The van der Waals surface area contributed by atoms with Crippen molar-refractivity contribution >= 4 is 45.3 Å². The minimum atomic E-state index is -3.57. The van der Waals surface area contributed by atoms with Crippen molar-refractivity contribution in [1.82, 2.24) is 4.57 Å². The van der Waals surface area contributed by atoms with Crippen molar-refractivity contribution in [2.45, 2.75) is 64.7 Å². The Kier molecular flexibility index (Phi) is 8.11. The van der Waals surface area contributed by atoms with E-state index in [1.807, 2.05) is 38.2 Å². The molecule has 1 aromatic heterocycles. The van der Waals surface area contributed by atoms with Gasteiger partial charge < -0.3 is 8.99 Å². The fourth-order valence-corrected chi connectivity index (χ4v) is 5.04. The second-order valence-corrected chi connectivity index (χ2v) is 17.9. The molecule has 0 aliphatic heterocycles. The molecule has 1 heterocycles. The molecule has 9 heteroatoms. The lowest BCUT2D eigenvalue weighted by atomic mass is 9.86. The summed E-state index contributed by atoms with van der Waals surface area (Å²) >= 11 is 3.54. The number of nitrogens with zero attached hydrogens (tertiary/aromatic N) is 2. The molecule has 0 N–H and O–H groups in total. The monoisotopic (exact) mass is 542 g/mol. The topological polar surface area (TPSA) is 81.3 Å². The van der Waals surface area contributed by atoms with Crippen molar-refractivity contribution in [3.8, 4) is 6.07 Å². The number of benzene rings is 1. The zero-order valence-corrected chi connectivity index (χ0v) is 23.7. The van der Waals surface area contributed by atoms with Crippen molar-refractivity contribution in [1.29, 1.82) is 5.26 Å². The quantitative estimate of drug-likeness (QED) is 0.294. The number of fused-ring (bicyclic) bond motifs is 1. The number of hydrogen-bond acceptors (Lipinski definition) is 5. The molecule has 0 fully saturated rings. The number of rotatable bonds is 9. The van der Waals surface area contributed by atoms with E-state index in [0.717, 1.165) is 27.2 Å². The molecular weight excluding hydrogens is 508 g/mol. The fraction of sp³-hybridized carbons (Fsp3) is 0.609. The van der Waals surface area contributed by atoms with E-state index in [9.17, 15) is 13.7 Å². The van der Waals surface area contributed by atoms with Gasteiger partial charge in [-0.05, 0) is 49.7 Å². The second kappa shape index (κ2) is 9.59. The van der Waals surface area contributed by atoms with E-state index >= 15 is 0 Å². The Hall–Kier alpha value is -1.18. The minimum absolute atomic E-state index is 0.0398. The van der Waals surface area contributed by atoms with Gasteiger partial charge in [0.15, 0.2) is 8.32 Å². The van der Waals surface area contributed by atoms with Gasteiger partial charge in [-0.3, -0.25) is 4.18 Å². The number of nitriles is 1. The lowest BCUT2D eigenvalue weighted by molar-refractivity contribution is 0.158. The van der Waals surface area contributed by atoms with Crippen molar-refractivity contribution < 1.29 is 17.0 Å². The smallest absolute Gasteiger partial charge is 0.264 e. The van der Waals surface area contributed by atoms with Crippen molar-refractivity contribution in [3.05, 3.63) is 34.4 Å². The summed E-state index contributed by atoms with van der Waals surface area (Å²) in [5, 5.41) is 10.8. The third kappa shape index (κ3) is 6.67. The Morgan fingerprint density at radius 2 is 1.81 bits per heavy atom. The van der Waals surface area contributed by atoms with E-state index in [1.165, 1.54) is 0 Å². The van der Waals surface area contributed by atoms with Crippen LogP contribution in [0, 0.1) is 17.2 Å². The van der Waals surface area contributed by atoms with E-state index in [2.05, 4.69) is 60.4 Å². The zero-order chi connectivity index (χ0) is 24.5. The van der Waals surface area contributed by atoms with Crippen molar-refractivity contribution in [3.63, 3.8) is 0 Å². The first kappa shape index (κ1) is 27.1. The highest BCUT2D eigenvalue weighted by molar-refractivity contribution is 9.10. The van der Waals surface area contributed by atoms with Crippen LogP contribution in [0.1, 0.15) is 40.2 Å². The largest absolute Gasteiger partial charge is 0.416 e. The molecule has 2 aromatic rings. The van der Waals surface area contributed by atoms with Crippen LogP contribution < -0.4 is 0 Å². The first-order chi connectivity index (χ1) is 14.5. The predicted octanol–water partition coefficient (Wildman–Crippen LogP) is 5.82. The summed E-state index contributed by atoms with van der Waals surface area (Å²) in [6.45, 7) is 15.6. The van der Waals surface area contributed by atoms with Gasteiger partial charge in [-0.15, -0.1) is 0 Å². The molecule has 0 radical (unpaired) electrons. The molecule has 1 unspecified atom stereocenters. The Morgan fingerprint density at radius 1 is 1.19 bits per heavy atom. The molecule has 1 aromatic carbocycles. The molecule has 0 saturated carbocycles. The van der Waals surface area contributed by atoms with Gasteiger partial charge in [-0.1, -0.05) is 42.8 Å². The molecule has 32 heavy (non-hydrogen) atoms. The molecule has 0 aliphatic rings. The van der Waals surface area contributed by atoms with Gasteiger partial charge in [0.25, 0.3) is 10.1 Å². The average molecular weight is 544 g/mol. The van der Waals surface area contributed by atoms with Crippen LogP contribution in [0.2, 0.25) is 18.1 Å². The molecule has 0 amide bonds. The molecule has 0 aliphatic carbocycles. The van der Waals surface area contributed by atoms with Crippen LogP contribution in [-0.2, 0) is 30.7 Å². The maximum absolute atomic E-state index is 11.7. The lowest BCUT2D eigenvalue weighted by Gasteiger charge is -2.37. The molecule has 1 atom stereocenters. The van der Waals surface area contributed by atoms with Crippen LogP contribution in [0.5, 0.6) is 0 Å². The number of halogens is 1. The molecule has 2 rings (SSSR count). The zero-order valence-electron chi connectivity index (χ0n) is 20.3. The highest BCUT2D eigenvalue weighted by Gasteiger charge is 2.37. The van der Waals surface area contributed by atoms with Crippen molar-refractivity contribution in [2.24, 2.45) is 5.92 Å². The molecule has 0 saturated heterocycles. The summed E-state index contributed by atoms with van der Waals surface area (Å²) in [7, 11) is -5.59. The van der Waals surface area contributed by atoms with Crippen LogP contribution in [0.25, 0.3) is 10.9 Å². The van der Waals surface area contributed by atoms with Gasteiger partial charge in [0.05, 0.1) is 24.3 Å². The maximum Gasteiger partial charge on any atom is 0.264 e. The van der Waals surface area contributed by atoms with Crippen LogP contribution in [0.3, 0.4) is 0 Å². The standard InChI is InChI=1S/C23H35BrN2O4SSi/c1-22(2,3)32(7,8)30-15-17(14-29-31(6,27)28)12-26-13-20(23(4,5)16-25)19-10-9-18(24)11-21(19)26/h9-11,13,17H,12,14-15H2,1-8H3. The molecule has 0 spiro atoms. The lowest BCUT2D eigenvalue weighted by Crippen LogP contribution is -2.42. The normalized spacial score (nSPS) is 14.5. The van der Waals surface area contributed by atoms with Crippen molar-refractivity contribution in [2.75, 3.05) is 19.5 Å². The number of hydrogen-bond donors (Lipinski definition) is 0. The average Bonchev–Trinajstić information content (AvgIpc) is 3.00. The van der Waals surface area contributed by atoms with Crippen LogP contribution in [0.15, 0.2) is 28.9 Å². The van der Waals surface area contributed by atoms with E-state index in [-0.39, 0.29) is 17.6 Å². The Labute approximate surface area is 202 Å². The van der Waals surface area contributed by atoms with Gasteiger partial charge in [-0.25, -0.2) is 0 Å². The Bertz CT molecular complexity index is 1110. The first-order valence-electron chi connectivity index (χ1n) is 10.7. The summed E-state index contributed by atoms with van der Waals surface area (Å²) in [4.78, 5) is 0. The van der Waals surface area contributed by atoms with Crippen LogP contribution >= 0.6 is 15.9 Å². The summed E-state index contributed by atoms with van der Waals surface area (Å²) < 4.78 is 38.0. The molecule has 0 bridgehead atoms. The SMILES string of the molecule is CC(C)(C#N)c1cn(CC(CO[Si](C)(C)C(C)(C)C)COS(C)(=O)=O)c2cc(Br)ccc12. The fourth-order valence-electron chi connectivity index (χ4n) is 3.17. The van der Waals surface area contributed by atoms with E-state index in [1.54, 1.807) is 0 Å². The highest BCUT2D eigenvalue weighted by Crippen LogP contribution is 2.37. The van der Waals surface area contributed by atoms with Gasteiger partial charge in [-0.2, -0.15) is 13.7 Å². The second-order valence-electron chi connectivity index (χ2n) is 10.5. The molecule has 178 valence electrons. The predicted molar refractivity (Wildman–Crippen MR) is 136 cm³/mol. The van der Waals surface area contributed by atoms with E-state index < -0.39 is 23.9 Å². The summed E-state index contributed by atoms with van der Waals surface area (Å²) in [6, 6.07) is 8.39. The molecule has 6 nitrogen and oxygen atoms in total. The van der Waals surface area contributed by atoms with Crippen LogP contribution in [0.4, 0.5) is 0 Å².